The number of carbonyl (C=O) groups is 1. The van der Waals surface area contributed by atoms with Crippen LogP contribution in [0.5, 0.6) is 0 Å². The van der Waals surface area contributed by atoms with E-state index < -0.39 is 5.91 Å². The number of nitrogens with zero attached hydrogens (tertiary/aromatic N) is 1. The molecule has 2 rings (SSSR count). The predicted octanol–water partition coefficient (Wildman–Crippen LogP) is 0.386. The smallest absolute Gasteiger partial charge is 0.265 e. The number of amides is 1. The Bertz CT molecular complexity index is 467. The van der Waals surface area contributed by atoms with Crippen LogP contribution in [0.2, 0.25) is 0 Å². The highest BCUT2D eigenvalue weighted by atomic mass is 19.1. The number of halogens is 1. The van der Waals surface area contributed by atoms with Gasteiger partial charge in [-0.05, 0) is 37.6 Å². The molecule has 104 valence electrons. The third-order valence-corrected chi connectivity index (χ3v) is 3.52. The van der Waals surface area contributed by atoms with Gasteiger partial charge in [0.1, 0.15) is 5.82 Å². The summed E-state index contributed by atoms with van der Waals surface area (Å²) in [7, 11) is 0. The molecule has 4 N–H and O–H groups in total. The van der Waals surface area contributed by atoms with Gasteiger partial charge in [-0.25, -0.2) is 10.2 Å². The average Bonchev–Trinajstić information content (AvgIpc) is 2.87. The van der Waals surface area contributed by atoms with Crippen LogP contribution in [0.3, 0.4) is 0 Å². The molecule has 1 saturated heterocycles. The molecular formula is C13H18FN3O2. The lowest BCUT2D eigenvalue weighted by atomic mass is 10.1. The molecule has 0 aliphatic carbocycles. The van der Waals surface area contributed by atoms with E-state index in [-0.39, 0.29) is 18.5 Å². The molecular weight excluding hydrogens is 249 g/mol. The Morgan fingerprint density at radius 1 is 1.58 bits per heavy atom. The standard InChI is InChI=1S/C13H18FN3O2/c14-12-4-3-9(13(19)16-15)6-10(12)7-17-5-1-2-11(17)8-18/h3-4,6,11,18H,1-2,5,7-8,15H2,(H,16,19). The van der Waals surface area contributed by atoms with E-state index in [1.165, 1.54) is 18.2 Å². The number of rotatable bonds is 4. The van der Waals surface area contributed by atoms with Crippen LogP contribution in [0.4, 0.5) is 4.39 Å². The van der Waals surface area contributed by atoms with Crippen molar-refractivity contribution in [2.45, 2.75) is 25.4 Å². The molecule has 19 heavy (non-hydrogen) atoms. The Kier molecular flexibility index (Phi) is 4.47. The average molecular weight is 267 g/mol. The van der Waals surface area contributed by atoms with E-state index >= 15 is 0 Å². The number of carbonyl (C=O) groups excluding carboxylic acids is 1. The van der Waals surface area contributed by atoms with Crippen LogP contribution >= 0.6 is 0 Å². The van der Waals surface area contributed by atoms with Crippen LogP contribution < -0.4 is 11.3 Å². The van der Waals surface area contributed by atoms with Crippen molar-refractivity contribution >= 4 is 5.91 Å². The number of hydrogen-bond acceptors (Lipinski definition) is 4. The summed E-state index contributed by atoms with van der Waals surface area (Å²) in [6.45, 7) is 1.30. The molecule has 0 bridgehead atoms. The summed E-state index contributed by atoms with van der Waals surface area (Å²) in [5.74, 6) is 4.27. The van der Waals surface area contributed by atoms with Gasteiger partial charge in [-0.2, -0.15) is 0 Å². The number of aliphatic hydroxyl groups is 1. The van der Waals surface area contributed by atoms with E-state index in [1.54, 1.807) is 0 Å². The Morgan fingerprint density at radius 3 is 3.05 bits per heavy atom. The summed E-state index contributed by atoms with van der Waals surface area (Å²) >= 11 is 0. The maximum absolute atomic E-state index is 13.8. The van der Waals surface area contributed by atoms with Gasteiger partial charge in [0.2, 0.25) is 0 Å². The van der Waals surface area contributed by atoms with Crippen LogP contribution in [0.1, 0.15) is 28.8 Å². The van der Waals surface area contributed by atoms with Crippen LogP contribution in [0.25, 0.3) is 0 Å². The van der Waals surface area contributed by atoms with E-state index in [0.717, 1.165) is 19.4 Å². The minimum Gasteiger partial charge on any atom is -0.395 e. The lowest BCUT2D eigenvalue weighted by Gasteiger charge is -2.23. The van der Waals surface area contributed by atoms with Gasteiger partial charge in [0.05, 0.1) is 6.61 Å². The first-order valence-electron chi connectivity index (χ1n) is 6.30. The van der Waals surface area contributed by atoms with Crippen LogP contribution in [0.15, 0.2) is 18.2 Å². The van der Waals surface area contributed by atoms with Gasteiger partial charge < -0.3 is 5.11 Å². The minimum absolute atomic E-state index is 0.0740. The van der Waals surface area contributed by atoms with Crippen molar-refractivity contribution in [3.63, 3.8) is 0 Å². The topological polar surface area (TPSA) is 78.6 Å². The molecule has 0 spiro atoms. The van der Waals surface area contributed by atoms with Crippen molar-refractivity contribution < 1.29 is 14.3 Å². The number of hydrogen-bond donors (Lipinski definition) is 3. The molecule has 1 unspecified atom stereocenters. The number of likely N-dealkylation sites (tertiary alicyclic amines) is 1. The van der Waals surface area contributed by atoms with Gasteiger partial charge in [0.25, 0.3) is 5.91 Å². The van der Waals surface area contributed by atoms with Crippen LogP contribution in [-0.4, -0.2) is 35.1 Å². The van der Waals surface area contributed by atoms with Crippen molar-refractivity contribution in [1.29, 1.82) is 0 Å². The maximum Gasteiger partial charge on any atom is 0.265 e. The molecule has 1 atom stereocenters. The maximum atomic E-state index is 13.8. The van der Waals surface area contributed by atoms with Crippen molar-refractivity contribution in [2.75, 3.05) is 13.2 Å². The second kappa shape index (κ2) is 6.10. The summed E-state index contributed by atoms with van der Waals surface area (Å²) in [5, 5.41) is 9.25. The third kappa shape index (κ3) is 3.09. The van der Waals surface area contributed by atoms with Crippen molar-refractivity contribution in [2.24, 2.45) is 5.84 Å². The first-order valence-corrected chi connectivity index (χ1v) is 6.30. The van der Waals surface area contributed by atoms with Gasteiger partial charge >= 0.3 is 0 Å². The van der Waals surface area contributed by atoms with E-state index in [2.05, 4.69) is 0 Å². The molecule has 6 heteroatoms. The molecule has 1 aromatic carbocycles. The predicted molar refractivity (Wildman–Crippen MR) is 68.6 cm³/mol. The lowest BCUT2D eigenvalue weighted by molar-refractivity contribution is 0.0953. The van der Waals surface area contributed by atoms with Gasteiger partial charge in [0, 0.05) is 23.7 Å². The molecule has 1 aromatic rings. The second-order valence-corrected chi connectivity index (χ2v) is 4.73. The Morgan fingerprint density at radius 2 is 2.37 bits per heavy atom. The summed E-state index contributed by atoms with van der Waals surface area (Å²) in [6, 6.07) is 4.24. The first-order chi connectivity index (χ1) is 9.15. The van der Waals surface area contributed by atoms with Gasteiger partial charge in [-0.15, -0.1) is 0 Å². The SMILES string of the molecule is NNC(=O)c1ccc(F)c(CN2CCCC2CO)c1. The summed E-state index contributed by atoms with van der Waals surface area (Å²) in [6.07, 6.45) is 1.91. The summed E-state index contributed by atoms with van der Waals surface area (Å²) < 4.78 is 13.8. The van der Waals surface area contributed by atoms with Crippen molar-refractivity contribution in [3.05, 3.63) is 35.1 Å². The third-order valence-electron chi connectivity index (χ3n) is 3.52. The van der Waals surface area contributed by atoms with E-state index in [4.69, 9.17) is 5.84 Å². The Hall–Kier alpha value is -1.50. The zero-order valence-corrected chi connectivity index (χ0v) is 10.6. The highest BCUT2D eigenvalue weighted by molar-refractivity contribution is 5.93. The summed E-state index contributed by atoms with van der Waals surface area (Å²) in [5.41, 5.74) is 2.80. The number of nitrogens with one attached hydrogen (secondary N) is 1. The normalized spacial score (nSPS) is 19.6. The van der Waals surface area contributed by atoms with Gasteiger partial charge in [-0.3, -0.25) is 15.1 Å². The number of nitrogen functional groups attached to an aromatic ring is 1. The lowest BCUT2D eigenvalue weighted by Crippen LogP contribution is -2.32. The second-order valence-electron chi connectivity index (χ2n) is 4.73. The van der Waals surface area contributed by atoms with Gasteiger partial charge in [-0.1, -0.05) is 0 Å². The Balaban J connectivity index is 2.17. The van der Waals surface area contributed by atoms with E-state index in [9.17, 15) is 14.3 Å². The number of hydrazine groups is 1. The number of aliphatic hydroxyl groups excluding tert-OH is 1. The molecule has 1 heterocycles. The minimum atomic E-state index is -0.443. The molecule has 5 nitrogen and oxygen atoms in total. The zero-order valence-electron chi connectivity index (χ0n) is 10.6. The summed E-state index contributed by atoms with van der Waals surface area (Å²) in [4.78, 5) is 13.5. The van der Waals surface area contributed by atoms with Gasteiger partial charge in [0.15, 0.2) is 0 Å². The largest absolute Gasteiger partial charge is 0.395 e. The van der Waals surface area contributed by atoms with Crippen LogP contribution in [0, 0.1) is 5.82 Å². The molecule has 1 aliphatic heterocycles. The highest BCUT2D eigenvalue weighted by Crippen LogP contribution is 2.21. The van der Waals surface area contributed by atoms with Crippen molar-refractivity contribution in [3.8, 4) is 0 Å². The molecule has 0 aromatic heterocycles. The molecule has 0 radical (unpaired) electrons. The first kappa shape index (κ1) is 13.9. The molecule has 1 fully saturated rings. The quantitative estimate of drug-likeness (QED) is 0.419. The fraction of sp³-hybridized carbons (Fsp3) is 0.462. The van der Waals surface area contributed by atoms with E-state index in [1.807, 2.05) is 10.3 Å². The Labute approximate surface area is 111 Å². The number of nitrogens with two attached hydrogens (primary N) is 1. The fourth-order valence-electron chi connectivity index (χ4n) is 2.45. The molecule has 1 aliphatic rings. The monoisotopic (exact) mass is 267 g/mol. The number of benzene rings is 1. The highest BCUT2D eigenvalue weighted by Gasteiger charge is 2.24. The van der Waals surface area contributed by atoms with Crippen LogP contribution in [-0.2, 0) is 6.54 Å². The zero-order chi connectivity index (χ0) is 13.8. The fourth-order valence-corrected chi connectivity index (χ4v) is 2.45. The van der Waals surface area contributed by atoms with E-state index in [0.29, 0.717) is 17.7 Å². The molecule has 0 saturated carbocycles. The van der Waals surface area contributed by atoms with Crippen molar-refractivity contribution in [1.82, 2.24) is 10.3 Å². The molecule has 1 amide bonds.